The SMILES string of the molecule is CC(C)[C@@H](N)C(=O)C[C@H]1c2ccccc2C[C@H]1O. The molecule has 3 nitrogen and oxygen atoms in total. The average molecular weight is 247 g/mol. The minimum absolute atomic E-state index is 0.0470. The molecule has 3 N–H and O–H groups in total. The van der Waals surface area contributed by atoms with E-state index in [9.17, 15) is 9.90 Å². The summed E-state index contributed by atoms with van der Waals surface area (Å²) in [4.78, 5) is 12.1. The maximum atomic E-state index is 12.1. The molecule has 1 aliphatic carbocycles. The summed E-state index contributed by atoms with van der Waals surface area (Å²) in [5.41, 5.74) is 8.13. The van der Waals surface area contributed by atoms with Gasteiger partial charge in [0, 0.05) is 12.3 Å². The molecule has 2 rings (SSSR count). The van der Waals surface area contributed by atoms with Gasteiger partial charge in [-0.2, -0.15) is 0 Å². The van der Waals surface area contributed by atoms with Gasteiger partial charge in [-0.05, 0) is 23.5 Å². The van der Waals surface area contributed by atoms with Gasteiger partial charge in [-0.15, -0.1) is 0 Å². The number of hydrogen-bond acceptors (Lipinski definition) is 3. The Balaban J connectivity index is 2.13. The molecule has 0 spiro atoms. The van der Waals surface area contributed by atoms with Crippen LogP contribution in [0.3, 0.4) is 0 Å². The van der Waals surface area contributed by atoms with E-state index in [0.29, 0.717) is 12.8 Å². The third-order valence-electron chi connectivity index (χ3n) is 3.86. The Bertz CT molecular complexity index is 442. The number of rotatable bonds is 4. The normalized spacial score (nSPS) is 24.1. The molecule has 0 aromatic heterocycles. The maximum absolute atomic E-state index is 12.1. The molecule has 0 bridgehead atoms. The lowest BCUT2D eigenvalue weighted by Crippen LogP contribution is -2.37. The Morgan fingerprint density at radius 1 is 1.44 bits per heavy atom. The van der Waals surface area contributed by atoms with E-state index in [2.05, 4.69) is 0 Å². The fraction of sp³-hybridized carbons (Fsp3) is 0.533. The van der Waals surface area contributed by atoms with Crippen LogP contribution in [0.1, 0.15) is 37.3 Å². The largest absolute Gasteiger partial charge is 0.392 e. The van der Waals surface area contributed by atoms with Crippen molar-refractivity contribution in [3.63, 3.8) is 0 Å². The van der Waals surface area contributed by atoms with Crippen LogP contribution < -0.4 is 5.73 Å². The summed E-state index contributed by atoms with van der Waals surface area (Å²) in [7, 11) is 0. The van der Waals surface area contributed by atoms with Gasteiger partial charge in [0.1, 0.15) is 5.78 Å². The summed E-state index contributed by atoms with van der Waals surface area (Å²) in [6, 6.07) is 7.52. The summed E-state index contributed by atoms with van der Waals surface area (Å²) in [6.45, 7) is 3.89. The van der Waals surface area contributed by atoms with Gasteiger partial charge in [0.25, 0.3) is 0 Å². The minimum Gasteiger partial charge on any atom is -0.392 e. The lowest BCUT2D eigenvalue weighted by Gasteiger charge is -2.19. The quantitative estimate of drug-likeness (QED) is 0.850. The molecule has 0 radical (unpaired) electrons. The highest BCUT2D eigenvalue weighted by molar-refractivity contribution is 5.85. The van der Waals surface area contributed by atoms with Gasteiger partial charge >= 0.3 is 0 Å². The number of aliphatic hydroxyl groups excluding tert-OH is 1. The second-order valence-electron chi connectivity index (χ2n) is 5.52. The van der Waals surface area contributed by atoms with Crippen molar-refractivity contribution in [3.8, 4) is 0 Å². The number of fused-ring (bicyclic) bond motifs is 1. The topological polar surface area (TPSA) is 63.3 Å². The Morgan fingerprint density at radius 3 is 2.78 bits per heavy atom. The highest BCUT2D eigenvalue weighted by Gasteiger charge is 2.33. The number of carbonyl (C=O) groups is 1. The lowest BCUT2D eigenvalue weighted by molar-refractivity contribution is -0.122. The van der Waals surface area contributed by atoms with Gasteiger partial charge in [0.2, 0.25) is 0 Å². The molecule has 0 fully saturated rings. The van der Waals surface area contributed by atoms with Crippen molar-refractivity contribution in [2.24, 2.45) is 11.7 Å². The van der Waals surface area contributed by atoms with Crippen molar-refractivity contribution in [2.45, 2.75) is 44.8 Å². The predicted octanol–water partition coefficient (Wildman–Crippen LogP) is 1.63. The number of carbonyl (C=O) groups excluding carboxylic acids is 1. The third kappa shape index (κ3) is 2.47. The summed E-state index contributed by atoms with van der Waals surface area (Å²) < 4.78 is 0. The van der Waals surface area contributed by atoms with Crippen LogP contribution in [0, 0.1) is 5.92 Å². The van der Waals surface area contributed by atoms with E-state index in [0.717, 1.165) is 11.1 Å². The number of nitrogens with two attached hydrogens (primary N) is 1. The van der Waals surface area contributed by atoms with Gasteiger partial charge in [-0.1, -0.05) is 38.1 Å². The first-order valence-corrected chi connectivity index (χ1v) is 6.55. The van der Waals surface area contributed by atoms with Gasteiger partial charge in [0.05, 0.1) is 12.1 Å². The Morgan fingerprint density at radius 2 is 2.11 bits per heavy atom. The van der Waals surface area contributed by atoms with Gasteiger partial charge < -0.3 is 10.8 Å². The van der Waals surface area contributed by atoms with Crippen LogP contribution in [-0.4, -0.2) is 23.0 Å². The first-order valence-electron chi connectivity index (χ1n) is 6.55. The molecule has 0 saturated carbocycles. The fourth-order valence-corrected chi connectivity index (χ4v) is 2.63. The second-order valence-corrected chi connectivity index (χ2v) is 5.52. The van der Waals surface area contributed by atoms with E-state index in [4.69, 9.17) is 5.73 Å². The average Bonchev–Trinajstić information content (AvgIpc) is 2.65. The zero-order chi connectivity index (χ0) is 13.3. The highest BCUT2D eigenvalue weighted by Crippen LogP contribution is 2.36. The Labute approximate surface area is 108 Å². The van der Waals surface area contributed by atoms with Crippen molar-refractivity contribution in [3.05, 3.63) is 35.4 Å². The standard InChI is InChI=1S/C15H21NO2/c1-9(2)15(16)14(18)8-12-11-6-4-3-5-10(11)7-13(12)17/h3-6,9,12-13,15,17H,7-8,16H2,1-2H3/t12-,13+,15+/m0/s1. The molecular weight excluding hydrogens is 226 g/mol. The first-order chi connectivity index (χ1) is 8.50. The molecule has 98 valence electrons. The number of ketones is 1. The smallest absolute Gasteiger partial charge is 0.150 e. The molecule has 0 unspecified atom stereocenters. The van der Waals surface area contributed by atoms with Crippen molar-refractivity contribution >= 4 is 5.78 Å². The van der Waals surface area contributed by atoms with E-state index >= 15 is 0 Å². The summed E-state index contributed by atoms with van der Waals surface area (Å²) >= 11 is 0. The first kappa shape index (κ1) is 13.2. The van der Waals surface area contributed by atoms with Gasteiger partial charge in [0.15, 0.2) is 0 Å². The second kappa shape index (κ2) is 5.21. The zero-order valence-electron chi connectivity index (χ0n) is 11.0. The van der Waals surface area contributed by atoms with Crippen molar-refractivity contribution in [1.82, 2.24) is 0 Å². The maximum Gasteiger partial charge on any atom is 0.150 e. The minimum atomic E-state index is -0.453. The van der Waals surface area contributed by atoms with E-state index in [1.165, 1.54) is 0 Å². The van der Waals surface area contributed by atoms with Crippen molar-refractivity contribution in [1.29, 1.82) is 0 Å². The van der Waals surface area contributed by atoms with Gasteiger partial charge in [-0.25, -0.2) is 0 Å². The Kier molecular flexibility index (Phi) is 3.83. The van der Waals surface area contributed by atoms with Crippen LogP contribution >= 0.6 is 0 Å². The predicted molar refractivity (Wildman–Crippen MR) is 71.3 cm³/mol. The Hall–Kier alpha value is -1.19. The summed E-state index contributed by atoms with van der Waals surface area (Å²) in [5.74, 6) is 0.107. The number of hydrogen-bond donors (Lipinski definition) is 2. The molecule has 1 aromatic rings. The molecule has 0 aliphatic heterocycles. The van der Waals surface area contributed by atoms with E-state index < -0.39 is 12.1 Å². The van der Waals surface area contributed by atoms with Gasteiger partial charge in [-0.3, -0.25) is 4.79 Å². The van der Waals surface area contributed by atoms with Crippen molar-refractivity contribution < 1.29 is 9.90 Å². The molecule has 18 heavy (non-hydrogen) atoms. The molecule has 1 aromatic carbocycles. The summed E-state index contributed by atoms with van der Waals surface area (Å²) in [5, 5.41) is 10.1. The number of aliphatic hydroxyl groups is 1. The lowest BCUT2D eigenvalue weighted by atomic mass is 9.89. The highest BCUT2D eigenvalue weighted by atomic mass is 16.3. The van der Waals surface area contributed by atoms with Crippen LogP contribution in [0.25, 0.3) is 0 Å². The zero-order valence-corrected chi connectivity index (χ0v) is 11.0. The molecule has 1 aliphatic rings. The molecule has 0 heterocycles. The number of Topliss-reactive ketones (excluding diaryl/α,β-unsaturated/α-hetero) is 1. The van der Waals surface area contributed by atoms with Crippen molar-refractivity contribution in [2.75, 3.05) is 0 Å². The fourth-order valence-electron chi connectivity index (χ4n) is 2.63. The molecule has 0 amide bonds. The third-order valence-corrected chi connectivity index (χ3v) is 3.86. The monoisotopic (exact) mass is 247 g/mol. The summed E-state index contributed by atoms with van der Waals surface area (Å²) in [6.07, 6.45) is 0.536. The van der Waals surface area contributed by atoms with E-state index in [1.807, 2.05) is 38.1 Å². The molecule has 0 saturated heterocycles. The van der Waals surface area contributed by atoms with E-state index in [1.54, 1.807) is 0 Å². The van der Waals surface area contributed by atoms with Crippen LogP contribution in [0.5, 0.6) is 0 Å². The number of benzene rings is 1. The van der Waals surface area contributed by atoms with Crippen LogP contribution in [-0.2, 0) is 11.2 Å². The van der Waals surface area contributed by atoms with Crippen LogP contribution in [0.15, 0.2) is 24.3 Å². The van der Waals surface area contributed by atoms with Crippen LogP contribution in [0.2, 0.25) is 0 Å². The molecular formula is C15H21NO2. The van der Waals surface area contributed by atoms with Crippen LogP contribution in [0.4, 0.5) is 0 Å². The van der Waals surface area contributed by atoms with E-state index in [-0.39, 0.29) is 17.6 Å². The molecule has 3 atom stereocenters. The molecule has 3 heteroatoms.